The molecule has 0 atom stereocenters. The van der Waals surface area contributed by atoms with Gasteiger partial charge in [-0.1, -0.05) is 30.3 Å². The van der Waals surface area contributed by atoms with Crippen molar-refractivity contribution in [2.45, 2.75) is 6.61 Å². The Kier molecular flexibility index (Phi) is 3.65. The van der Waals surface area contributed by atoms with Crippen molar-refractivity contribution in [2.24, 2.45) is 0 Å². The summed E-state index contributed by atoms with van der Waals surface area (Å²) in [5, 5.41) is 6.84. The predicted molar refractivity (Wildman–Crippen MR) is 44.6 cm³/mol. The summed E-state index contributed by atoms with van der Waals surface area (Å²) >= 11 is 0. The molecular formula is C9H13O2+. The quantitative estimate of drug-likeness (QED) is 0.467. The van der Waals surface area contributed by atoms with Gasteiger partial charge in [-0.2, -0.15) is 0 Å². The second-order valence-corrected chi connectivity index (χ2v) is 2.29. The Morgan fingerprint density at radius 1 is 1.18 bits per heavy atom. The summed E-state index contributed by atoms with van der Waals surface area (Å²) in [6, 6.07) is 9.99. The highest BCUT2D eigenvalue weighted by molar-refractivity contribution is 5.13. The lowest BCUT2D eigenvalue weighted by atomic mass is 10.2. The number of hydrogen-bond acceptors (Lipinski definition) is 1. The zero-order valence-electron chi connectivity index (χ0n) is 6.42. The van der Waals surface area contributed by atoms with Crippen LogP contribution in [0.15, 0.2) is 30.3 Å². The second kappa shape index (κ2) is 4.88. The molecule has 60 valence electrons. The molecule has 0 fully saturated rings. The topological polar surface area (TPSA) is 32.1 Å². The standard InChI is InChI=1S/C9H12O2/c10-6-7-11-8-9-4-2-1-3-5-9/h1-5,10H,6-8H2/p+1. The van der Waals surface area contributed by atoms with E-state index in [0.29, 0.717) is 19.8 Å². The molecule has 1 aromatic carbocycles. The monoisotopic (exact) mass is 153 g/mol. The van der Waals surface area contributed by atoms with Crippen LogP contribution in [0.1, 0.15) is 5.56 Å². The fourth-order valence-electron chi connectivity index (χ4n) is 0.836. The van der Waals surface area contributed by atoms with Gasteiger partial charge in [-0.15, -0.1) is 0 Å². The number of ether oxygens (including phenoxy) is 1. The molecule has 0 aliphatic rings. The molecule has 0 aliphatic carbocycles. The molecule has 0 saturated heterocycles. The van der Waals surface area contributed by atoms with Crippen molar-refractivity contribution in [3.8, 4) is 0 Å². The Labute approximate surface area is 66.4 Å². The van der Waals surface area contributed by atoms with E-state index < -0.39 is 0 Å². The average molecular weight is 153 g/mol. The van der Waals surface area contributed by atoms with Gasteiger partial charge in [0.1, 0.15) is 6.61 Å². The van der Waals surface area contributed by atoms with Crippen molar-refractivity contribution < 1.29 is 9.84 Å². The van der Waals surface area contributed by atoms with Crippen LogP contribution in [0.4, 0.5) is 0 Å². The molecule has 0 unspecified atom stereocenters. The van der Waals surface area contributed by atoms with Gasteiger partial charge in [0.2, 0.25) is 0 Å². The smallest absolute Gasteiger partial charge is 0.167 e. The fraction of sp³-hybridized carbons (Fsp3) is 0.333. The zero-order chi connectivity index (χ0) is 7.94. The van der Waals surface area contributed by atoms with Crippen LogP contribution < -0.4 is 0 Å². The van der Waals surface area contributed by atoms with Gasteiger partial charge < -0.3 is 9.84 Å². The van der Waals surface area contributed by atoms with E-state index in [9.17, 15) is 0 Å². The Balaban J connectivity index is 2.28. The van der Waals surface area contributed by atoms with Crippen molar-refractivity contribution >= 4 is 0 Å². The summed E-state index contributed by atoms with van der Waals surface area (Å²) < 4.78 is 5.18. The van der Waals surface area contributed by atoms with Gasteiger partial charge in [-0.25, -0.2) is 0 Å². The van der Waals surface area contributed by atoms with E-state index in [4.69, 9.17) is 9.84 Å². The highest BCUT2D eigenvalue weighted by atomic mass is 16.5. The lowest BCUT2D eigenvalue weighted by Crippen LogP contribution is -1.98. The molecule has 0 aromatic heterocycles. The molecule has 2 N–H and O–H groups in total. The van der Waals surface area contributed by atoms with Crippen LogP contribution in [-0.2, 0) is 11.3 Å². The van der Waals surface area contributed by atoms with Crippen molar-refractivity contribution in [1.29, 1.82) is 0 Å². The first kappa shape index (κ1) is 8.24. The zero-order valence-corrected chi connectivity index (χ0v) is 6.42. The van der Waals surface area contributed by atoms with Crippen molar-refractivity contribution in [3.05, 3.63) is 35.9 Å². The third-order valence-corrected chi connectivity index (χ3v) is 1.36. The van der Waals surface area contributed by atoms with Crippen LogP contribution >= 0.6 is 0 Å². The van der Waals surface area contributed by atoms with Crippen molar-refractivity contribution in [3.63, 3.8) is 0 Å². The fourth-order valence-corrected chi connectivity index (χ4v) is 0.836. The van der Waals surface area contributed by atoms with Crippen molar-refractivity contribution in [2.75, 3.05) is 13.2 Å². The van der Waals surface area contributed by atoms with Crippen LogP contribution in [0.25, 0.3) is 0 Å². The molecule has 0 bridgehead atoms. The van der Waals surface area contributed by atoms with Gasteiger partial charge in [-0.05, 0) is 5.56 Å². The molecular weight excluding hydrogens is 140 g/mol. The third kappa shape index (κ3) is 3.16. The van der Waals surface area contributed by atoms with Gasteiger partial charge in [-0.3, -0.25) is 0 Å². The van der Waals surface area contributed by atoms with Gasteiger partial charge in [0.15, 0.2) is 6.61 Å². The molecule has 0 radical (unpaired) electrons. The van der Waals surface area contributed by atoms with Crippen LogP contribution in [0.2, 0.25) is 0 Å². The Morgan fingerprint density at radius 3 is 2.55 bits per heavy atom. The first-order valence-corrected chi connectivity index (χ1v) is 3.70. The highest BCUT2D eigenvalue weighted by Gasteiger charge is 1.90. The van der Waals surface area contributed by atoms with Crippen LogP contribution in [0, 0.1) is 0 Å². The lowest BCUT2D eigenvalue weighted by molar-refractivity contribution is 0.0815. The molecule has 0 heterocycles. The van der Waals surface area contributed by atoms with Crippen LogP contribution in [0.5, 0.6) is 0 Å². The summed E-state index contributed by atoms with van der Waals surface area (Å²) in [5.41, 5.74) is 1.17. The molecule has 0 saturated carbocycles. The molecule has 2 nitrogen and oxygen atoms in total. The summed E-state index contributed by atoms with van der Waals surface area (Å²) in [6.45, 7) is 1.49. The maximum Gasteiger partial charge on any atom is 0.167 e. The largest absolute Gasteiger partial charge is 0.444 e. The third-order valence-electron chi connectivity index (χ3n) is 1.36. The number of rotatable bonds is 4. The van der Waals surface area contributed by atoms with Gasteiger partial charge in [0, 0.05) is 0 Å². The molecule has 0 spiro atoms. The van der Waals surface area contributed by atoms with E-state index in [0.717, 1.165) is 0 Å². The van der Waals surface area contributed by atoms with Gasteiger partial charge in [0.05, 0.1) is 6.61 Å². The van der Waals surface area contributed by atoms with E-state index in [-0.39, 0.29) is 0 Å². The summed E-state index contributed by atoms with van der Waals surface area (Å²) in [4.78, 5) is 0. The van der Waals surface area contributed by atoms with E-state index >= 15 is 0 Å². The first-order chi connectivity index (χ1) is 5.43. The Morgan fingerprint density at radius 2 is 1.91 bits per heavy atom. The van der Waals surface area contributed by atoms with E-state index in [1.54, 1.807) is 0 Å². The lowest BCUT2D eigenvalue weighted by Gasteiger charge is -1.99. The first-order valence-electron chi connectivity index (χ1n) is 3.70. The van der Waals surface area contributed by atoms with E-state index in [1.165, 1.54) is 5.56 Å². The number of hydrogen-bond donors (Lipinski definition) is 0. The maximum atomic E-state index is 6.84. The summed E-state index contributed by atoms with van der Waals surface area (Å²) in [7, 11) is 0. The number of benzene rings is 1. The predicted octanol–water partition coefficient (Wildman–Crippen LogP) is 0.928. The SMILES string of the molecule is [OH2+]CCOCc1ccccc1. The Hall–Kier alpha value is -0.860. The molecule has 1 aromatic rings. The minimum atomic E-state index is 0.340. The maximum absolute atomic E-state index is 6.84. The summed E-state index contributed by atoms with van der Waals surface area (Å²) in [6.07, 6.45) is 0. The minimum Gasteiger partial charge on any atom is -0.444 e. The average Bonchev–Trinajstić information content (AvgIpc) is 2.07. The summed E-state index contributed by atoms with van der Waals surface area (Å²) in [5.74, 6) is 0. The van der Waals surface area contributed by atoms with Crippen LogP contribution in [0.3, 0.4) is 0 Å². The molecule has 1 rings (SSSR count). The Bertz CT molecular complexity index is 184. The highest BCUT2D eigenvalue weighted by Crippen LogP contribution is 1.99. The van der Waals surface area contributed by atoms with Crippen molar-refractivity contribution in [1.82, 2.24) is 0 Å². The van der Waals surface area contributed by atoms with Gasteiger partial charge in [0.25, 0.3) is 0 Å². The van der Waals surface area contributed by atoms with E-state index in [1.807, 2.05) is 30.3 Å². The second-order valence-electron chi connectivity index (χ2n) is 2.29. The molecule has 0 aliphatic heterocycles. The molecule has 2 heteroatoms. The minimum absolute atomic E-state index is 0.340. The normalized spacial score (nSPS) is 9.91. The molecule has 11 heavy (non-hydrogen) atoms. The van der Waals surface area contributed by atoms with E-state index in [2.05, 4.69) is 0 Å². The van der Waals surface area contributed by atoms with Crippen LogP contribution in [-0.4, -0.2) is 18.3 Å². The van der Waals surface area contributed by atoms with Gasteiger partial charge >= 0.3 is 0 Å². The molecule has 0 amide bonds.